The number of pyridine rings is 1. The van der Waals surface area contributed by atoms with E-state index in [0.29, 0.717) is 37.4 Å². The van der Waals surface area contributed by atoms with Gasteiger partial charge in [-0.3, -0.25) is 9.78 Å². The summed E-state index contributed by atoms with van der Waals surface area (Å²) in [7, 11) is 0. The van der Waals surface area contributed by atoms with Crippen LogP contribution in [0.15, 0.2) is 41.4 Å². The van der Waals surface area contributed by atoms with Crippen molar-refractivity contribution in [3.63, 3.8) is 0 Å². The molecule has 25 heavy (non-hydrogen) atoms. The zero-order valence-electron chi connectivity index (χ0n) is 13.8. The average molecular weight is 335 g/mol. The minimum atomic E-state index is -0.108. The van der Waals surface area contributed by atoms with Crippen LogP contribution in [0.3, 0.4) is 0 Å². The lowest BCUT2D eigenvalue weighted by molar-refractivity contribution is 0.0752. The standard InChI is InChI=1S/C18H17N5O2/c1-12-10-16(22-25-12)18(24)23-8-4-14-15(5-9-23)20-11-21-17(14)13-2-6-19-7-3-13/h2-3,6-7,10-11H,4-5,8-9H2,1H3. The number of aromatic nitrogens is 4. The third-order valence-electron chi connectivity index (χ3n) is 4.37. The minimum absolute atomic E-state index is 0.108. The van der Waals surface area contributed by atoms with Crippen LogP contribution in [-0.4, -0.2) is 44.0 Å². The van der Waals surface area contributed by atoms with Gasteiger partial charge in [-0.1, -0.05) is 5.16 Å². The second kappa shape index (κ2) is 6.43. The topological polar surface area (TPSA) is 85.0 Å². The quantitative estimate of drug-likeness (QED) is 0.713. The lowest BCUT2D eigenvalue weighted by Crippen LogP contribution is -2.33. The van der Waals surface area contributed by atoms with E-state index in [1.54, 1.807) is 36.6 Å². The lowest BCUT2D eigenvalue weighted by Gasteiger charge is -2.18. The highest BCUT2D eigenvalue weighted by molar-refractivity contribution is 5.92. The third kappa shape index (κ3) is 3.00. The monoisotopic (exact) mass is 335 g/mol. The molecule has 0 fully saturated rings. The maximum Gasteiger partial charge on any atom is 0.276 e. The molecule has 3 aromatic heterocycles. The molecule has 0 spiro atoms. The molecule has 1 aliphatic heterocycles. The fraction of sp³-hybridized carbons (Fsp3) is 0.278. The Kier molecular flexibility index (Phi) is 3.97. The molecule has 3 aromatic rings. The van der Waals surface area contributed by atoms with Crippen LogP contribution in [0.4, 0.5) is 0 Å². The van der Waals surface area contributed by atoms with Gasteiger partial charge in [-0.15, -0.1) is 0 Å². The molecule has 0 saturated carbocycles. The lowest BCUT2D eigenvalue weighted by atomic mass is 10.0. The number of amides is 1. The fourth-order valence-electron chi connectivity index (χ4n) is 3.12. The summed E-state index contributed by atoms with van der Waals surface area (Å²) in [5.74, 6) is 0.523. The molecule has 0 saturated heterocycles. The summed E-state index contributed by atoms with van der Waals surface area (Å²) >= 11 is 0. The molecule has 0 atom stereocenters. The van der Waals surface area contributed by atoms with Crippen molar-refractivity contribution in [2.24, 2.45) is 0 Å². The van der Waals surface area contributed by atoms with Gasteiger partial charge in [0.15, 0.2) is 5.69 Å². The Hall–Kier alpha value is -3.09. The van der Waals surface area contributed by atoms with Crippen molar-refractivity contribution in [3.05, 3.63) is 59.6 Å². The van der Waals surface area contributed by atoms with E-state index in [1.165, 1.54) is 0 Å². The van der Waals surface area contributed by atoms with E-state index in [1.807, 2.05) is 12.1 Å². The van der Waals surface area contributed by atoms with E-state index < -0.39 is 0 Å². The van der Waals surface area contributed by atoms with E-state index in [9.17, 15) is 4.79 Å². The smallest absolute Gasteiger partial charge is 0.276 e. The summed E-state index contributed by atoms with van der Waals surface area (Å²) in [6.45, 7) is 2.98. The summed E-state index contributed by atoms with van der Waals surface area (Å²) in [6.07, 6.45) is 6.49. The van der Waals surface area contributed by atoms with E-state index in [0.717, 1.165) is 22.5 Å². The van der Waals surface area contributed by atoms with Crippen molar-refractivity contribution in [1.82, 2.24) is 25.0 Å². The Morgan fingerprint density at radius 1 is 1.16 bits per heavy atom. The molecule has 1 aliphatic rings. The van der Waals surface area contributed by atoms with Gasteiger partial charge in [0, 0.05) is 54.8 Å². The highest BCUT2D eigenvalue weighted by Crippen LogP contribution is 2.25. The SMILES string of the molecule is Cc1cc(C(=O)N2CCc3ncnc(-c4ccncc4)c3CC2)no1. The Bertz CT molecular complexity index is 907. The largest absolute Gasteiger partial charge is 0.361 e. The van der Waals surface area contributed by atoms with Crippen molar-refractivity contribution in [3.8, 4) is 11.3 Å². The summed E-state index contributed by atoms with van der Waals surface area (Å²) < 4.78 is 5.02. The van der Waals surface area contributed by atoms with Crippen LogP contribution in [0.1, 0.15) is 27.5 Å². The van der Waals surface area contributed by atoms with Gasteiger partial charge in [0.05, 0.1) is 5.69 Å². The van der Waals surface area contributed by atoms with Crippen LogP contribution in [0, 0.1) is 6.92 Å². The van der Waals surface area contributed by atoms with E-state index >= 15 is 0 Å². The zero-order valence-corrected chi connectivity index (χ0v) is 13.8. The molecule has 0 unspecified atom stereocenters. The number of carbonyl (C=O) groups excluding carboxylic acids is 1. The van der Waals surface area contributed by atoms with E-state index in [2.05, 4.69) is 20.1 Å². The predicted molar refractivity (Wildman–Crippen MR) is 89.8 cm³/mol. The first-order valence-electron chi connectivity index (χ1n) is 8.18. The Labute approximate surface area is 144 Å². The van der Waals surface area contributed by atoms with Gasteiger partial charge < -0.3 is 9.42 Å². The van der Waals surface area contributed by atoms with Crippen LogP contribution in [0.2, 0.25) is 0 Å². The molecule has 0 N–H and O–H groups in total. The molecule has 0 aromatic carbocycles. The molecule has 7 heteroatoms. The molecule has 1 amide bonds. The van der Waals surface area contributed by atoms with E-state index in [-0.39, 0.29) is 5.91 Å². The highest BCUT2D eigenvalue weighted by atomic mass is 16.5. The molecule has 4 heterocycles. The van der Waals surface area contributed by atoms with Crippen LogP contribution in [-0.2, 0) is 12.8 Å². The first kappa shape index (κ1) is 15.4. The summed E-state index contributed by atoms with van der Waals surface area (Å²) in [4.78, 5) is 27.4. The van der Waals surface area contributed by atoms with Gasteiger partial charge in [-0.05, 0) is 25.5 Å². The molecule has 0 bridgehead atoms. The van der Waals surface area contributed by atoms with Crippen LogP contribution < -0.4 is 0 Å². The summed E-state index contributed by atoms with van der Waals surface area (Å²) in [6, 6.07) is 5.55. The van der Waals surface area contributed by atoms with Crippen molar-refractivity contribution in [2.45, 2.75) is 19.8 Å². The molecular formula is C18H17N5O2. The number of nitrogens with zero attached hydrogens (tertiary/aromatic N) is 5. The van der Waals surface area contributed by atoms with Gasteiger partial charge >= 0.3 is 0 Å². The van der Waals surface area contributed by atoms with Crippen LogP contribution >= 0.6 is 0 Å². The van der Waals surface area contributed by atoms with E-state index in [4.69, 9.17) is 4.52 Å². The maximum atomic E-state index is 12.6. The summed E-state index contributed by atoms with van der Waals surface area (Å²) in [5, 5.41) is 3.83. The number of aryl methyl sites for hydroxylation is 1. The van der Waals surface area contributed by atoms with Gasteiger partial charge in [-0.2, -0.15) is 0 Å². The number of rotatable bonds is 2. The number of fused-ring (bicyclic) bond motifs is 1. The first-order valence-corrected chi connectivity index (χ1v) is 8.18. The molecule has 7 nitrogen and oxygen atoms in total. The second-order valence-electron chi connectivity index (χ2n) is 6.00. The third-order valence-corrected chi connectivity index (χ3v) is 4.37. The van der Waals surface area contributed by atoms with Crippen molar-refractivity contribution >= 4 is 5.91 Å². The first-order chi connectivity index (χ1) is 12.2. The van der Waals surface area contributed by atoms with Crippen LogP contribution in [0.25, 0.3) is 11.3 Å². The predicted octanol–water partition coefficient (Wildman–Crippen LogP) is 2.08. The fourth-order valence-corrected chi connectivity index (χ4v) is 3.12. The van der Waals surface area contributed by atoms with Crippen molar-refractivity contribution in [2.75, 3.05) is 13.1 Å². The summed E-state index contributed by atoms with van der Waals surface area (Å²) in [5.41, 5.74) is 4.37. The number of carbonyl (C=O) groups is 1. The van der Waals surface area contributed by atoms with Gasteiger partial charge in [0.1, 0.15) is 12.1 Å². The van der Waals surface area contributed by atoms with Crippen molar-refractivity contribution in [1.29, 1.82) is 0 Å². The molecule has 4 rings (SSSR count). The van der Waals surface area contributed by atoms with Crippen molar-refractivity contribution < 1.29 is 9.32 Å². The maximum absolute atomic E-state index is 12.6. The second-order valence-corrected chi connectivity index (χ2v) is 6.00. The Morgan fingerprint density at radius 2 is 1.96 bits per heavy atom. The number of hydrogen-bond donors (Lipinski definition) is 0. The van der Waals surface area contributed by atoms with Gasteiger partial charge in [0.25, 0.3) is 5.91 Å². The Morgan fingerprint density at radius 3 is 2.72 bits per heavy atom. The molecular weight excluding hydrogens is 318 g/mol. The normalized spacial score (nSPS) is 14.0. The highest BCUT2D eigenvalue weighted by Gasteiger charge is 2.24. The minimum Gasteiger partial charge on any atom is -0.361 e. The number of hydrogen-bond acceptors (Lipinski definition) is 6. The molecule has 0 radical (unpaired) electrons. The van der Waals surface area contributed by atoms with Crippen LogP contribution in [0.5, 0.6) is 0 Å². The zero-order chi connectivity index (χ0) is 17.2. The molecule has 0 aliphatic carbocycles. The Balaban J connectivity index is 1.61. The molecule has 126 valence electrons. The van der Waals surface area contributed by atoms with Gasteiger partial charge in [-0.25, -0.2) is 9.97 Å². The van der Waals surface area contributed by atoms with Gasteiger partial charge in [0.2, 0.25) is 0 Å². The average Bonchev–Trinajstić information content (AvgIpc) is 2.96.